The van der Waals surface area contributed by atoms with Crippen molar-refractivity contribution >= 4 is 11.8 Å². The smallest absolute Gasteiger partial charge is 0.191 e. The van der Waals surface area contributed by atoms with Gasteiger partial charge in [0.25, 0.3) is 0 Å². The van der Waals surface area contributed by atoms with Crippen LogP contribution in [0.2, 0.25) is 0 Å². The van der Waals surface area contributed by atoms with E-state index in [1.165, 1.54) is 0 Å². The van der Waals surface area contributed by atoms with Gasteiger partial charge in [0.2, 0.25) is 0 Å². The Kier molecular flexibility index (Phi) is 8.53. The summed E-state index contributed by atoms with van der Waals surface area (Å²) in [6.45, 7) is 12.8. The number of pyridine rings is 1. The molecule has 0 spiro atoms. The molecule has 0 amide bonds. The monoisotopic (exact) mass is 425 g/mol. The first-order chi connectivity index (χ1) is 15.0. The van der Waals surface area contributed by atoms with Gasteiger partial charge in [-0.15, -0.1) is 0 Å². The number of morpholine rings is 1. The van der Waals surface area contributed by atoms with Crippen LogP contribution < -0.4 is 20.3 Å². The number of hydrogen-bond donors (Lipinski definition) is 2. The molecule has 2 aromatic rings. The zero-order valence-corrected chi connectivity index (χ0v) is 19.1. The van der Waals surface area contributed by atoms with Crippen molar-refractivity contribution in [2.24, 2.45) is 4.99 Å². The van der Waals surface area contributed by atoms with Crippen LogP contribution in [0, 0.1) is 6.92 Å². The number of guanidine groups is 1. The Bertz CT molecular complexity index is 840. The second-order valence-electron chi connectivity index (χ2n) is 7.92. The van der Waals surface area contributed by atoms with Crippen LogP contribution in [0.1, 0.15) is 31.9 Å². The molecule has 0 saturated carbocycles. The Balaban J connectivity index is 1.52. The molecule has 7 heteroatoms. The summed E-state index contributed by atoms with van der Waals surface area (Å²) in [5.41, 5.74) is 2.21. The Morgan fingerprint density at radius 1 is 1.29 bits per heavy atom. The summed E-state index contributed by atoms with van der Waals surface area (Å²) >= 11 is 0. The van der Waals surface area contributed by atoms with Gasteiger partial charge in [-0.2, -0.15) is 0 Å². The predicted molar refractivity (Wildman–Crippen MR) is 126 cm³/mol. The first-order valence-electron chi connectivity index (χ1n) is 11.1. The van der Waals surface area contributed by atoms with Crippen LogP contribution in [-0.4, -0.2) is 55.9 Å². The van der Waals surface area contributed by atoms with Crippen LogP contribution in [0.4, 0.5) is 5.82 Å². The highest BCUT2D eigenvalue weighted by atomic mass is 16.5. The van der Waals surface area contributed by atoms with Gasteiger partial charge in [0.15, 0.2) is 5.96 Å². The fourth-order valence-corrected chi connectivity index (χ4v) is 3.42. The van der Waals surface area contributed by atoms with E-state index in [-0.39, 0.29) is 12.2 Å². The molecule has 1 aliphatic rings. The van der Waals surface area contributed by atoms with Crippen molar-refractivity contribution in [3.05, 3.63) is 53.7 Å². The summed E-state index contributed by atoms with van der Waals surface area (Å²) < 4.78 is 11.7. The number of aliphatic imine (C=N–C) groups is 1. The molecular weight excluding hydrogens is 390 g/mol. The van der Waals surface area contributed by atoms with Gasteiger partial charge >= 0.3 is 0 Å². The number of benzene rings is 1. The third-order valence-electron chi connectivity index (χ3n) is 5.12. The Morgan fingerprint density at radius 3 is 2.84 bits per heavy atom. The Morgan fingerprint density at radius 2 is 2.13 bits per heavy atom. The molecule has 1 aliphatic heterocycles. The largest absolute Gasteiger partial charge is 0.489 e. The van der Waals surface area contributed by atoms with Crippen molar-refractivity contribution in [2.75, 3.05) is 37.7 Å². The average molecular weight is 426 g/mol. The van der Waals surface area contributed by atoms with Gasteiger partial charge in [0.1, 0.15) is 17.7 Å². The Hall–Kier alpha value is -2.80. The molecule has 2 heterocycles. The summed E-state index contributed by atoms with van der Waals surface area (Å²) in [7, 11) is 0. The molecule has 7 nitrogen and oxygen atoms in total. The zero-order chi connectivity index (χ0) is 22.1. The SMILES string of the molecule is CCNC(=NCc1ccc(N2CCOC(C)C2)nc1)NCC(C)Oc1ccccc1C. The van der Waals surface area contributed by atoms with Crippen LogP contribution in [0.15, 0.2) is 47.6 Å². The van der Waals surface area contributed by atoms with Gasteiger partial charge in [-0.25, -0.2) is 9.98 Å². The minimum absolute atomic E-state index is 0.0156. The summed E-state index contributed by atoms with van der Waals surface area (Å²) in [4.78, 5) is 11.6. The summed E-state index contributed by atoms with van der Waals surface area (Å²) in [5, 5.41) is 6.66. The van der Waals surface area contributed by atoms with E-state index >= 15 is 0 Å². The van der Waals surface area contributed by atoms with Crippen molar-refractivity contribution in [2.45, 2.75) is 46.4 Å². The highest BCUT2D eigenvalue weighted by Gasteiger charge is 2.17. The number of rotatable bonds is 8. The van der Waals surface area contributed by atoms with Gasteiger partial charge in [-0.1, -0.05) is 24.3 Å². The molecular formula is C24H35N5O2. The van der Waals surface area contributed by atoms with E-state index in [0.717, 1.165) is 54.9 Å². The second-order valence-corrected chi connectivity index (χ2v) is 7.92. The third kappa shape index (κ3) is 7.14. The second kappa shape index (κ2) is 11.6. The van der Waals surface area contributed by atoms with E-state index < -0.39 is 0 Å². The van der Waals surface area contributed by atoms with Crippen molar-refractivity contribution in [1.82, 2.24) is 15.6 Å². The van der Waals surface area contributed by atoms with Gasteiger partial charge in [-0.3, -0.25) is 0 Å². The lowest BCUT2D eigenvalue weighted by Gasteiger charge is -2.32. The Labute approximate surface area is 185 Å². The van der Waals surface area contributed by atoms with Crippen LogP contribution in [0.3, 0.4) is 0 Å². The molecule has 0 bridgehead atoms. The first-order valence-corrected chi connectivity index (χ1v) is 11.1. The molecule has 1 fully saturated rings. The van der Waals surface area contributed by atoms with Gasteiger partial charge in [0.05, 0.1) is 25.8 Å². The predicted octanol–water partition coefficient (Wildman–Crippen LogP) is 3.14. The standard InChI is InChI=1S/C24H35N5O2/c1-5-25-24(27-14-19(3)31-22-9-7-6-8-18(22)2)28-16-21-10-11-23(26-15-21)29-12-13-30-20(4)17-29/h6-11,15,19-20H,5,12-14,16-17H2,1-4H3,(H2,25,27,28). The molecule has 3 rings (SSSR count). The van der Waals surface area contributed by atoms with E-state index in [2.05, 4.69) is 66.4 Å². The third-order valence-corrected chi connectivity index (χ3v) is 5.12. The van der Waals surface area contributed by atoms with Crippen LogP contribution in [0.5, 0.6) is 5.75 Å². The highest BCUT2D eigenvalue weighted by molar-refractivity contribution is 5.79. The molecule has 2 N–H and O–H groups in total. The lowest BCUT2D eigenvalue weighted by molar-refractivity contribution is 0.0529. The molecule has 2 unspecified atom stereocenters. The zero-order valence-electron chi connectivity index (χ0n) is 19.1. The summed E-state index contributed by atoms with van der Waals surface area (Å²) in [6, 6.07) is 12.2. The molecule has 168 valence electrons. The molecule has 2 atom stereocenters. The van der Waals surface area contributed by atoms with Crippen LogP contribution in [-0.2, 0) is 11.3 Å². The van der Waals surface area contributed by atoms with E-state index in [9.17, 15) is 0 Å². The van der Waals surface area contributed by atoms with E-state index in [1.54, 1.807) is 0 Å². The molecule has 1 aromatic carbocycles. The number of nitrogens with one attached hydrogen (secondary N) is 2. The summed E-state index contributed by atoms with van der Waals surface area (Å²) in [5.74, 6) is 2.68. The fourth-order valence-electron chi connectivity index (χ4n) is 3.42. The first kappa shape index (κ1) is 22.9. The number of aromatic nitrogens is 1. The van der Waals surface area contributed by atoms with E-state index in [0.29, 0.717) is 13.1 Å². The number of ether oxygens (including phenoxy) is 2. The van der Waals surface area contributed by atoms with Crippen molar-refractivity contribution < 1.29 is 9.47 Å². The summed E-state index contributed by atoms with van der Waals surface area (Å²) in [6.07, 6.45) is 2.17. The lowest BCUT2D eigenvalue weighted by atomic mass is 10.2. The van der Waals surface area contributed by atoms with E-state index in [4.69, 9.17) is 14.5 Å². The van der Waals surface area contributed by atoms with Gasteiger partial charge in [-0.05, 0) is 51.0 Å². The van der Waals surface area contributed by atoms with Crippen molar-refractivity contribution in [1.29, 1.82) is 0 Å². The number of anilines is 1. The van der Waals surface area contributed by atoms with Crippen LogP contribution in [0.25, 0.3) is 0 Å². The van der Waals surface area contributed by atoms with Crippen molar-refractivity contribution in [3.63, 3.8) is 0 Å². The number of nitrogens with zero attached hydrogens (tertiary/aromatic N) is 3. The number of hydrogen-bond acceptors (Lipinski definition) is 5. The van der Waals surface area contributed by atoms with E-state index in [1.807, 2.05) is 24.4 Å². The van der Waals surface area contributed by atoms with Crippen molar-refractivity contribution in [3.8, 4) is 5.75 Å². The minimum Gasteiger partial charge on any atom is -0.489 e. The quantitative estimate of drug-likeness (QED) is 0.500. The van der Waals surface area contributed by atoms with Crippen LogP contribution >= 0.6 is 0 Å². The van der Waals surface area contributed by atoms with Gasteiger partial charge in [0, 0.05) is 25.8 Å². The normalized spacial score (nSPS) is 17.9. The average Bonchev–Trinajstić information content (AvgIpc) is 2.77. The minimum atomic E-state index is 0.0156. The van der Waals surface area contributed by atoms with Gasteiger partial charge < -0.3 is 25.0 Å². The number of aryl methyl sites for hydroxylation is 1. The maximum absolute atomic E-state index is 6.05. The number of para-hydroxylation sites is 1. The fraction of sp³-hybridized carbons (Fsp3) is 0.500. The molecule has 31 heavy (non-hydrogen) atoms. The maximum Gasteiger partial charge on any atom is 0.191 e. The highest BCUT2D eigenvalue weighted by Crippen LogP contribution is 2.18. The molecule has 1 saturated heterocycles. The lowest BCUT2D eigenvalue weighted by Crippen LogP contribution is -2.41. The molecule has 0 aliphatic carbocycles. The maximum atomic E-state index is 6.05. The molecule has 1 aromatic heterocycles. The molecule has 0 radical (unpaired) electrons. The topological polar surface area (TPSA) is 71.0 Å².